The standard InChI is InChI=1S/C27H22N2O7/c1-17-7-10-20(11-8-17)29-27(34)22(26(28-29)18-5-3-2-4-6-18)13-19-9-12-21(35-15-24(30)31)14-23(19)36-16-25(32)33/h2-14H,15-16H2,1H3,(H,30,31)(H,32,33)/b22-13-. The van der Waals surface area contributed by atoms with Crippen molar-refractivity contribution in [2.24, 2.45) is 5.10 Å². The minimum Gasteiger partial charge on any atom is -0.482 e. The Kier molecular flexibility index (Phi) is 7.10. The van der Waals surface area contributed by atoms with Crippen LogP contribution in [0.4, 0.5) is 5.69 Å². The molecule has 4 rings (SSSR count). The molecule has 0 radical (unpaired) electrons. The van der Waals surface area contributed by atoms with Crippen LogP contribution in [-0.2, 0) is 14.4 Å². The van der Waals surface area contributed by atoms with Crippen molar-refractivity contribution < 1.29 is 34.1 Å². The first kappa shape index (κ1) is 24.2. The summed E-state index contributed by atoms with van der Waals surface area (Å²) in [5, 5.41) is 23.9. The largest absolute Gasteiger partial charge is 0.482 e. The zero-order chi connectivity index (χ0) is 25.7. The van der Waals surface area contributed by atoms with Crippen LogP contribution in [0.2, 0.25) is 0 Å². The fraction of sp³-hybridized carbons (Fsp3) is 0.111. The first-order valence-electron chi connectivity index (χ1n) is 10.9. The quantitative estimate of drug-likeness (QED) is 0.441. The van der Waals surface area contributed by atoms with Crippen LogP contribution in [-0.4, -0.2) is 47.0 Å². The molecular weight excluding hydrogens is 464 g/mol. The number of aryl methyl sites for hydroxylation is 1. The second-order valence-electron chi connectivity index (χ2n) is 7.89. The van der Waals surface area contributed by atoms with Gasteiger partial charge in [-0.05, 0) is 37.3 Å². The maximum absolute atomic E-state index is 13.5. The van der Waals surface area contributed by atoms with Crippen LogP contribution in [0.1, 0.15) is 16.7 Å². The Balaban J connectivity index is 1.78. The number of benzene rings is 3. The van der Waals surface area contributed by atoms with Crippen LogP contribution in [0.25, 0.3) is 6.08 Å². The summed E-state index contributed by atoms with van der Waals surface area (Å²) in [7, 11) is 0. The topological polar surface area (TPSA) is 126 Å². The number of hydrazone groups is 1. The van der Waals surface area contributed by atoms with Crippen molar-refractivity contribution in [1.29, 1.82) is 0 Å². The van der Waals surface area contributed by atoms with Gasteiger partial charge in [-0.1, -0.05) is 48.0 Å². The van der Waals surface area contributed by atoms with Gasteiger partial charge in [0.2, 0.25) is 0 Å². The zero-order valence-corrected chi connectivity index (χ0v) is 19.2. The predicted molar refractivity (Wildman–Crippen MR) is 132 cm³/mol. The van der Waals surface area contributed by atoms with Crippen LogP contribution >= 0.6 is 0 Å². The second kappa shape index (κ2) is 10.6. The number of hydrogen-bond acceptors (Lipinski definition) is 6. The molecule has 36 heavy (non-hydrogen) atoms. The van der Waals surface area contributed by atoms with Crippen LogP contribution in [0.15, 0.2) is 83.5 Å². The Morgan fingerprint density at radius 3 is 2.25 bits per heavy atom. The van der Waals surface area contributed by atoms with Crippen LogP contribution < -0.4 is 14.5 Å². The van der Waals surface area contributed by atoms with Crippen molar-refractivity contribution in [2.75, 3.05) is 18.2 Å². The minimum absolute atomic E-state index is 0.113. The molecule has 3 aromatic carbocycles. The molecule has 0 aromatic heterocycles. The van der Waals surface area contributed by atoms with Crippen molar-refractivity contribution in [3.05, 3.63) is 95.1 Å². The number of carboxylic acids is 2. The maximum Gasteiger partial charge on any atom is 0.341 e. The highest BCUT2D eigenvalue weighted by molar-refractivity contribution is 6.37. The summed E-state index contributed by atoms with van der Waals surface area (Å²) in [6.07, 6.45) is 1.57. The molecule has 0 aliphatic carbocycles. The lowest BCUT2D eigenvalue weighted by Crippen LogP contribution is -2.21. The molecule has 0 spiro atoms. The van der Waals surface area contributed by atoms with Gasteiger partial charge < -0.3 is 19.7 Å². The highest BCUT2D eigenvalue weighted by Gasteiger charge is 2.32. The van der Waals surface area contributed by atoms with E-state index in [-0.39, 0.29) is 23.0 Å². The molecule has 0 fully saturated rings. The summed E-state index contributed by atoms with van der Waals surface area (Å²) in [6, 6.07) is 21.0. The molecule has 3 aromatic rings. The first-order valence-corrected chi connectivity index (χ1v) is 10.9. The van der Waals surface area contributed by atoms with Gasteiger partial charge >= 0.3 is 11.9 Å². The van der Waals surface area contributed by atoms with E-state index in [9.17, 15) is 14.4 Å². The molecule has 0 saturated heterocycles. The number of rotatable bonds is 9. The molecule has 2 N–H and O–H groups in total. The fourth-order valence-electron chi connectivity index (χ4n) is 3.50. The average molecular weight is 486 g/mol. The number of carbonyl (C=O) groups is 3. The summed E-state index contributed by atoms with van der Waals surface area (Å²) in [4.78, 5) is 35.5. The third-order valence-electron chi connectivity index (χ3n) is 5.20. The minimum atomic E-state index is -1.19. The van der Waals surface area contributed by atoms with E-state index in [4.69, 9.17) is 19.7 Å². The Morgan fingerprint density at radius 2 is 1.58 bits per heavy atom. The van der Waals surface area contributed by atoms with Crippen molar-refractivity contribution in [2.45, 2.75) is 6.92 Å². The molecule has 0 unspecified atom stereocenters. The van der Waals surface area contributed by atoms with Gasteiger partial charge in [-0.2, -0.15) is 10.1 Å². The lowest BCUT2D eigenvalue weighted by Gasteiger charge is -2.13. The average Bonchev–Trinajstić information content (AvgIpc) is 3.19. The van der Waals surface area contributed by atoms with Gasteiger partial charge in [-0.3, -0.25) is 4.79 Å². The van der Waals surface area contributed by atoms with Gasteiger partial charge in [-0.15, -0.1) is 0 Å². The SMILES string of the molecule is Cc1ccc(N2N=C(c3ccccc3)/C(=C/c3ccc(OCC(=O)O)cc3OCC(=O)O)C2=O)cc1. The summed E-state index contributed by atoms with van der Waals surface area (Å²) in [5.41, 5.74) is 3.48. The second-order valence-corrected chi connectivity index (χ2v) is 7.89. The number of ether oxygens (including phenoxy) is 2. The Morgan fingerprint density at radius 1 is 0.917 bits per heavy atom. The monoisotopic (exact) mass is 486 g/mol. The Hall–Kier alpha value is -4.92. The van der Waals surface area contributed by atoms with Crippen LogP contribution in [0.5, 0.6) is 11.5 Å². The van der Waals surface area contributed by atoms with E-state index >= 15 is 0 Å². The van der Waals surface area contributed by atoms with E-state index in [1.54, 1.807) is 24.3 Å². The van der Waals surface area contributed by atoms with E-state index in [0.29, 0.717) is 17.0 Å². The third-order valence-corrected chi connectivity index (χ3v) is 5.20. The molecule has 9 nitrogen and oxygen atoms in total. The van der Waals surface area contributed by atoms with E-state index in [1.807, 2.05) is 49.4 Å². The molecule has 0 bridgehead atoms. The van der Waals surface area contributed by atoms with E-state index in [1.165, 1.54) is 17.1 Å². The first-order chi connectivity index (χ1) is 17.3. The number of anilines is 1. The number of nitrogens with zero attached hydrogens (tertiary/aromatic N) is 2. The van der Waals surface area contributed by atoms with Gasteiger partial charge in [0, 0.05) is 17.2 Å². The molecule has 9 heteroatoms. The number of carbonyl (C=O) groups excluding carboxylic acids is 1. The molecular formula is C27H22N2O7. The number of amides is 1. The zero-order valence-electron chi connectivity index (χ0n) is 19.2. The highest BCUT2D eigenvalue weighted by Crippen LogP contribution is 2.32. The summed E-state index contributed by atoms with van der Waals surface area (Å²) < 4.78 is 10.6. The number of hydrogen-bond donors (Lipinski definition) is 2. The van der Waals surface area contributed by atoms with E-state index < -0.39 is 25.2 Å². The Bertz CT molecular complexity index is 1360. The van der Waals surface area contributed by atoms with Crippen molar-refractivity contribution in [3.8, 4) is 11.5 Å². The lowest BCUT2D eigenvalue weighted by molar-refractivity contribution is -0.140. The van der Waals surface area contributed by atoms with Gasteiger partial charge in [0.25, 0.3) is 5.91 Å². The predicted octanol–water partition coefficient (Wildman–Crippen LogP) is 3.76. The van der Waals surface area contributed by atoms with Crippen LogP contribution in [0, 0.1) is 6.92 Å². The Labute approximate surface area is 206 Å². The lowest BCUT2D eigenvalue weighted by atomic mass is 10.00. The molecule has 1 amide bonds. The molecule has 1 aliphatic heterocycles. The van der Waals surface area contributed by atoms with E-state index in [2.05, 4.69) is 5.10 Å². The summed E-state index contributed by atoms with van der Waals surface area (Å²) in [5.74, 6) is -2.43. The maximum atomic E-state index is 13.5. The molecule has 182 valence electrons. The molecule has 1 heterocycles. The van der Waals surface area contributed by atoms with Gasteiger partial charge in [0.05, 0.1) is 11.3 Å². The van der Waals surface area contributed by atoms with E-state index in [0.717, 1.165) is 11.1 Å². The number of carboxylic acid groups (broad SMARTS) is 2. The van der Waals surface area contributed by atoms with Gasteiger partial charge in [-0.25, -0.2) is 9.59 Å². The van der Waals surface area contributed by atoms with Crippen LogP contribution in [0.3, 0.4) is 0 Å². The van der Waals surface area contributed by atoms with Gasteiger partial charge in [0.1, 0.15) is 17.2 Å². The van der Waals surface area contributed by atoms with Crippen molar-refractivity contribution >= 4 is 35.3 Å². The third kappa shape index (κ3) is 5.58. The summed E-state index contributed by atoms with van der Waals surface area (Å²) >= 11 is 0. The fourth-order valence-corrected chi connectivity index (χ4v) is 3.50. The smallest absolute Gasteiger partial charge is 0.341 e. The molecule has 0 atom stereocenters. The highest BCUT2D eigenvalue weighted by atomic mass is 16.5. The number of aliphatic carboxylic acids is 2. The van der Waals surface area contributed by atoms with Gasteiger partial charge in [0.15, 0.2) is 13.2 Å². The normalized spacial score (nSPS) is 14.0. The van der Waals surface area contributed by atoms with Crippen molar-refractivity contribution in [3.63, 3.8) is 0 Å². The van der Waals surface area contributed by atoms with Crippen molar-refractivity contribution in [1.82, 2.24) is 0 Å². The molecule has 1 aliphatic rings. The summed E-state index contributed by atoms with van der Waals surface area (Å²) in [6.45, 7) is 0.733. The molecule has 0 saturated carbocycles.